The average molecular weight is 326 g/mol. The molecule has 18 heavy (non-hydrogen) atoms. The molecule has 0 aliphatic carbocycles. The summed E-state index contributed by atoms with van der Waals surface area (Å²) in [5.41, 5.74) is 1.99. The number of nitrogens with zero attached hydrogens (tertiary/aromatic N) is 1. The van der Waals surface area contributed by atoms with Gasteiger partial charge in [-0.15, -0.1) is 0 Å². The fraction of sp³-hybridized carbons (Fsp3) is 0. The van der Waals surface area contributed by atoms with Gasteiger partial charge in [0.1, 0.15) is 11.6 Å². The second kappa shape index (κ2) is 4.37. The molecule has 0 bridgehead atoms. The Hall–Kier alpha value is -1.39. The average Bonchev–Trinajstić information content (AvgIpc) is 2.71. The van der Waals surface area contributed by atoms with Crippen LogP contribution >= 0.6 is 27.5 Å². The third kappa shape index (κ3) is 2.02. The predicted molar refractivity (Wildman–Crippen MR) is 74.2 cm³/mol. The van der Waals surface area contributed by atoms with Gasteiger partial charge in [-0.1, -0.05) is 27.5 Å². The number of rotatable bonds is 1. The lowest BCUT2D eigenvalue weighted by atomic mass is 10.2. The van der Waals surface area contributed by atoms with Crippen molar-refractivity contribution in [3.05, 3.63) is 51.7 Å². The van der Waals surface area contributed by atoms with Crippen molar-refractivity contribution in [2.75, 3.05) is 0 Å². The maximum absolute atomic E-state index is 13.8. The van der Waals surface area contributed by atoms with Gasteiger partial charge in [-0.3, -0.25) is 0 Å². The van der Waals surface area contributed by atoms with Crippen LogP contribution in [0.2, 0.25) is 5.02 Å². The minimum absolute atomic E-state index is 0.325. The van der Waals surface area contributed by atoms with Crippen LogP contribution < -0.4 is 0 Å². The second-order valence-electron chi connectivity index (χ2n) is 3.87. The fourth-order valence-electron chi connectivity index (χ4n) is 1.79. The lowest BCUT2D eigenvalue weighted by Gasteiger charge is -1.99. The van der Waals surface area contributed by atoms with Crippen LogP contribution in [-0.2, 0) is 0 Å². The van der Waals surface area contributed by atoms with Crippen LogP contribution in [0.1, 0.15) is 0 Å². The third-order valence-electron chi connectivity index (χ3n) is 2.63. The van der Waals surface area contributed by atoms with Crippen molar-refractivity contribution in [1.29, 1.82) is 0 Å². The highest BCUT2D eigenvalue weighted by Gasteiger charge is 2.10. The standard InChI is InChI=1S/C13H7BrClFN2/c14-7-1-3-9(10(16)5-7)13-17-11-4-2-8(15)6-12(11)18-13/h1-6H,(H,17,18). The van der Waals surface area contributed by atoms with E-state index in [1.165, 1.54) is 6.07 Å². The highest BCUT2D eigenvalue weighted by molar-refractivity contribution is 9.10. The SMILES string of the molecule is Fc1cc(Br)ccc1-c1nc2ccc(Cl)cc2[nH]1. The molecular weight excluding hydrogens is 319 g/mol. The van der Waals surface area contributed by atoms with E-state index in [-0.39, 0.29) is 5.82 Å². The maximum Gasteiger partial charge on any atom is 0.141 e. The molecule has 2 aromatic carbocycles. The molecule has 5 heteroatoms. The van der Waals surface area contributed by atoms with E-state index in [1.54, 1.807) is 30.3 Å². The molecule has 0 aliphatic rings. The summed E-state index contributed by atoms with van der Waals surface area (Å²) in [5.74, 6) is 0.173. The quantitative estimate of drug-likeness (QED) is 0.685. The smallest absolute Gasteiger partial charge is 0.141 e. The molecule has 1 aromatic heterocycles. The van der Waals surface area contributed by atoms with Gasteiger partial charge in [-0.05, 0) is 36.4 Å². The van der Waals surface area contributed by atoms with Crippen LogP contribution in [0.3, 0.4) is 0 Å². The Bertz CT molecular complexity index is 739. The third-order valence-corrected chi connectivity index (χ3v) is 3.36. The minimum atomic E-state index is -0.325. The van der Waals surface area contributed by atoms with E-state index in [1.807, 2.05) is 0 Å². The molecule has 90 valence electrons. The zero-order valence-corrected chi connectivity index (χ0v) is 11.4. The first kappa shape index (κ1) is 11.7. The monoisotopic (exact) mass is 324 g/mol. The molecule has 0 unspecified atom stereocenters. The Labute approximate surface area is 116 Å². The van der Waals surface area contributed by atoms with Crippen LogP contribution in [0.5, 0.6) is 0 Å². The number of hydrogen-bond acceptors (Lipinski definition) is 1. The van der Waals surface area contributed by atoms with E-state index in [2.05, 4.69) is 25.9 Å². The zero-order chi connectivity index (χ0) is 12.7. The van der Waals surface area contributed by atoms with Crippen molar-refractivity contribution in [2.24, 2.45) is 0 Å². The molecule has 2 nitrogen and oxygen atoms in total. The van der Waals surface area contributed by atoms with Crippen molar-refractivity contribution in [1.82, 2.24) is 9.97 Å². The first-order valence-corrected chi connectivity index (χ1v) is 6.41. The van der Waals surface area contributed by atoms with E-state index < -0.39 is 0 Å². The van der Waals surface area contributed by atoms with Gasteiger partial charge in [0.25, 0.3) is 0 Å². The summed E-state index contributed by atoms with van der Waals surface area (Å²) in [7, 11) is 0. The Morgan fingerprint density at radius 1 is 1.17 bits per heavy atom. The molecular formula is C13H7BrClFN2. The summed E-state index contributed by atoms with van der Waals surface area (Å²) in [6.45, 7) is 0. The van der Waals surface area contributed by atoms with Gasteiger partial charge in [-0.25, -0.2) is 9.37 Å². The van der Waals surface area contributed by atoms with Gasteiger partial charge in [0.05, 0.1) is 16.6 Å². The van der Waals surface area contributed by atoms with Crippen LogP contribution in [-0.4, -0.2) is 9.97 Å². The summed E-state index contributed by atoms with van der Waals surface area (Å²) in [5, 5.41) is 0.619. The molecule has 0 amide bonds. The van der Waals surface area contributed by atoms with Crippen LogP contribution in [0.4, 0.5) is 4.39 Å². The molecule has 0 spiro atoms. The van der Waals surface area contributed by atoms with Crippen molar-refractivity contribution >= 4 is 38.6 Å². The van der Waals surface area contributed by atoms with Crippen molar-refractivity contribution in [2.45, 2.75) is 0 Å². The first-order chi connectivity index (χ1) is 8.63. The number of imidazole rings is 1. The summed E-state index contributed by atoms with van der Waals surface area (Å²) in [6.07, 6.45) is 0. The van der Waals surface area contributed by atoms with Gasteiger partial charge >= 0.3 is 0 Å². The number of aromatic amines is 1. The molecule has 0 saturated heterocycles. The Kier molecular flexibility index (Phi) is 2.84. The van der Waals surface area contributed by atoms with E-state index in [4.69, 9.17) is 11.6 Å². The number of benzene rings is 2. The zero-order valence-electron chi connectivity index (χ0n) is 9.05. The summed E-state index contributed by atoms with van der Waals surface area (Å²) in [6, 6.07) is 10.2. The van der Waals surface area contributed by atoms with Crippen molar-refractivity contribution in [3.8, 4) is 11.4 Å². The summed E-state index contributed by atoms with van der Waals surface area (Å²) in [4.78, 5) is 7.41. The van der Waals surface area contributed by atoms with Crippen LogP contribution in [0.25, 0.3) is 22.4 Å². The lowest BCUT2D eigenvalue weighted by Crippen LogP contribution is -1.86. The topological polar surface area (TPSA) is 28.7 Å². The summed E-state index contributed by atoms with van der Waals surface area (Å²) >= 11 is 9.12. The number of hydrogen-bond donors (Lipinski definition) is 1. The highest BCUT2D eigenvalue weighted by atomic mass is 79.9. The van der Waals surface area contributed by atoms with E-state index in [0.717, 1.165) is 11.0 Å². The Morgan fingerprint density at radius 3 is 2.78 bits per heavy atom. The van der Waals surface area contributed by atoms with Gasteiger partial charge in [0.15, 0.2) is 0 Å². The number of H-pyrrole nitrogens is 1. The number of aromatic nitrogens is 2. The summed E-state index contributed by atoms with van der Waals surface area (Å²) < 4.78 is 14.5. The first-order valence-electron chi connectivity index (χ1n) is 5.24. The highest BCUT2D eigenvalue weighted by Crippen LogP contribution is 2.26. The molecule has 0 fully saturated rings. The fourth-order valence-corrected chi connectivity index (χ4v) is 2.30. The van der Waals surface area contributed by atoms with Gasteiger partial charge in [-0.2, -0.15) is 0 Å². The number of fused-ring (bicyclic) bond motifs is 1. The van der Waals surface area contributed by atoms with Crippen LogP contribution in [0.15, 0.2) is 40.9 Å². The molecule has 0 aliphatic heterocycles. The molecule has 0 atom stereocenters. The van der Waals surface area contributed by atoms with Crippen molar-refractivity contribution in [3.63, 3.8) is 0 Å². The molecule has 1 N–H and O–H groups in total. The second-order valence-corrected chi connectivity index (χ2v) is 5.22. The molecule has 3 rings (SSSR count). The predicted octanol–water partition coefficient (Wildman–Crippen LogP) is 4.78. The van der Waals surface area contributed by atoms with Gasteiger partial charge in [0, 0.05) is 9.50 Å². The molecule has 0 saturated carbocycles. The normalized spacial score (nSPS) is 11.1. The Balaban J connectivity index is 2.19. The maximum atomic E-state index is 13.8. The number of nitrogens with one attached hydrogen (secondary N) is 1. The van der Waals surface area contributed by atoms with Crippen molar-refractivity contribution < 1.29 is 4.39 Å². The van der Waals surface area contributed by atoms with Gasteiger partial charge in [0.2, 0.25) is 0 Å². The largest absolute Gasteiger partial charge is 0.338 e. The minimum Gasteiger partial charge on any atom is -0.338 e. The number of halogens is 3. The van der Waals surface area contributed by atoms with Gasteiger partial charge < -0.3 is 4.98 Å². The molecule has 1 heterocycles. The molecule has 3 aromatic rings. The lowest BCUT2D eigenvalue weighted by molar-refractivity contribution is 0.629. The van der Waals surface area contributed by atoms with E-state index >= 15 is 0 Å². The Morgan fingerprint density at radius 2 is 2.00 bits per heavy atom. The van der Waals surface area contributed by atoms with E-state index in [9.17, 15) is 4.39 Å². The van der Waals surface area contributed by atoms with E-state index in [0.29, 0.717) is 20.9 Å². The molecule has 0 radical (unpaired) electrons. The van der Waals surface area contributed by atoms with Crippen LogP contribution in [0, 0.1) is 5.82 Å².